The summed E-state index contributed by atoms with van der Waals surface area (Å²) in [5, 5.41) is 0. The molecular formula is C13H21N3O2. The Morgan fingerprint density at radius 3 is 2.83 bits per heavy atom. The van der Waals surface area contributed by atoms with E-state index in [2.05, 4.69) is 4.98 Å². The number of pyridine rings is 1. The van der Waals surface area contributed by atoms with Crippen LogP contribution in [-0.4, -0.2) is 30.6 Å². The van der Waals surface area contributed by atoms with Gasteiger partial charge in [-0.2, -0.15) is 0 Å². The smallest absolute Gasteiger partial charge is 0.325 e. The Morgan fingerprint density at radius 2 is 2.22 bits per heavy atom. The molecule has 0 aliphatic heterocycles. The highest BCUT2D eigenvalue weighted by molar-refractivity contribution is 5.78. The summed E-state index contributed by atoms with van der Waals surface area (Å²) in [5.74, 6) is 0.401. The minimum Gasteiger partial charge on any atom is -0.465 e. The second kappa shape index (κ2) is 6.83. The number of aryl methyl sites for hydroxylation is 1. The second-order valence-electron chi connectivity index (χ2n) is 4.09. The Bertz CT molecular complexity index is 407. The van der Waals surface area contributed by atoms with Crippen LogP contribution in [0.5, 0.6) is 0 Å². The van der Waals surface area contributed by atoms with Gasteiger partial charge in [0.25, 0.3) is 0 Å². The predicted octanol–water partition coefficient (Wildman–Crippen LogP) is 1.75. The molecule has 0 aliphatic carbocycles. The maximum absolute atomic E-state index is 11.6. The van der Waals surface area contributed by atoms with E-state index < -0.39 is 0 Å². The number of nitrogens with zero attached hydrogens (tertiary/aromatic N) is 2. The molecule has 5 heteroatoms. The van der Waals surface area contributed by atoms with Crippen molar-refractivity contribution in [1.82, 2.24) is 4.98 Å². The molecule has 0 amide bonds. The van der Waals surface area contributed by atoms with E-state index >= 15 is 0 Å². The lowest BCUT2D eigenvalue weighted by Crippen LogP contribution is -2.33. The fraction of sp³-hybridized carbons (Fsp3) is 0.538. The Labute approximate surface area is 108 Å². The van der Waals surface area contributed by atoms with Gasteiger partial charge in [-0.3, -0.25) is 4.79 Å². The number of carbonyl (C=O) groups excluding carboxylic acids is 1. The van der Waals surface area contributed by atoms with Crippen LogP contribution in [0.15, 0.2) is 12.3 Å². The third kappa shape index (κ3) is 3.61. The molecule has 0 atom stereocenters. The van der Waals surface area contributed by atoms with Crippen molar-refractivity contribution in [3.05, 3.63) is 17.8 Å². The van der Waals surface area contributed by atoms with Crippen LogP contribution in [0, 0.1) is 6.92 Å². The fourth-order valence-electron chi connectivity index (χ4n) is 1.70. The van der Waals surface area contributed by atoms with Crippen LogP contribution in [0.3, 0.4) is 0 Å². The first kappa shape index (κ1) is 14.3. The van der Waals surface area contributed by atoms with E-state index in [0.29, 0.717) is 18.1 Å². The van der Waals surface area contributed by atoms with E-state index in [1.807, 2.05) is 24.8 Å². The Kier molecular flexibility index (Phi) is 5.42. The van der Waals surface area contributed by atoms with Gasteiger partial charge < -0.3 is 15.4 Å². The fourth-order valence-corrected chi connectivity index (χ4v) is 1.70. The Morgan fingerprint density at radius 1 is 1.50 bits per heavy atom. The maximum Gasteiger partial charge on any atom is 0.325 e. The summed E-state index contributed by atoms with van der Waals surface area (Å²) in [6.07, 6.45) is 2.61. The van der Waals surface area contributed by atoms with Crippen LogP contribution < -0.4 is 10.6 Å². The minimum absolute atomic E-state index is 0.183. The van der Waals surface area contributed by atoms with Gasteiger partial charge in [0.2, 0.25) is 0 Å². The van der Waals surface area contributed by atoms with Gasteiger partial charge in [-0.05, 0) is 31.9 Å². The number of aromatic nitrogens is 1. The highest BCUT2D eigenvalue weighted by atomic mass is 16.5. The molecule has 0 saturated carbocycles. The van der Waals surface area contributed by atoms with Gasteiger partial charge in [-0.15, -0.1) is 0 Å². The maximum atomic E-state index is 11.6. The van der Waals surface area contributed by atoms with Crippen LogP contribution in [-0.2, 0) is 9.53 Å². The SMILES string of the molecule is CCCN(CC(=O)OCC)c1nccc(C)c1N. The molecule has 1 heterocycles. The monoisotopic (exact) mass is 251 g/mol. The summed E-state index contributed by atoms with van der Waals surface area (Å²) in [6, 6.07) is 1.85. The average molecular weight is 251 g/mol. The molecule has 100 valence electrons. The van der Waals surface area contributed by atoms with Crippen molar-refractivity contribution in [2.75, 3.05) is 30.3 Å². The van der Waals surface area contributed by atoms with Crippen molar-refractivity contribution in [3.63, 3.8) is 0 Å². The number of nitrogen functional groups attached to an aromatic ring is 1. The van der Waals surface area contributed by atoms with Crippen LogP contribution in [0.2, 0.25) is 0 Å². The van der Waals surface area contributed by atoms with Crippen molar-refractivity contribution in [2.24, 2.45) is 0 Å². The van der Waals surface area contributed by atoms with E-state index in [1.165, 1.54) is 0 Å². The summed E-state index contributed by atoms with van der Waals surface area (Å²) >= 11 is 0. The number of anilines is 2. The molecule has 0 saturated heterocycles. The highest BCUT2D eigenvalue weighted by Gasteiger charge is 2.16. The average Bonchev–Trinajstić information content (AvgIpc) is 2.32. The number of rotatable bonds is 6. The van der Waals surface area contributed by atoms with Gasteiger partial charge in [0.05, 0.1) is 12.3 Å². The van der Waals surface area contributed by atoms with Crippen molar-refractivity contribution in [3.8, 4) is 0 Å². The topological polar surface area (TPSA) is 68.5 Å². The molecular weight excluding hydrogens is 230 g/mol. The number of hydrogen-bond acceptors (Lipinski definition) is 5. The van der Waals surface area contributed by atoms with Crippen LogP contribution in [0.25, 0.3) is 0 Å². The summed E-state index contributed by atoms with van der Waals surface area (Å²) in [5.41, 5.74) is 7.59. The number of esters is 1. The van der Waals surface area contributed by atoms with Gasteiger partial charge in [-0.25, -0.2) is 4.98 Å². The lowest BCUT2D eigenvalue weighted by molar-refractivity contribution is -0.141. The second-order valence-corrected chi connectivity index (χ2v) is 4.09. The van der Waals surface area contributed by atoms with Gasteiger partial charge in [-0.1, -0.05) is 6.92 Å². The normalized spacial score (nSPS) is 10.2. The van der Waals surface area contributed by atoms with Crippen molar-refractivity contribution in [2.45, 2.75) is 27.2 Å². The molecule has 5 nitrogen and oxygen atoms in total. The summed E-state index contributed by atoms with van der Waals surface area (Å²) in [4.78, 5) is 17.7. The summed E-state index contributed by atoms with van der Waals surface area (Å²) < 4.78 is 4.96. The first-order chi connectivity index (χ1) is 8.60. The number of nitrogens with two attached hydrogens (primary N) is 1. The largest absolute Gasteiger partial charge is 0.465 e. The van der Waals surface area contributed by atoms with E-state index in [0.717, 1.165) is 18.5 Å². The van der Waals surface area contributed by atoms with E-state index in [4.69, 9.17) is 10.5 Å². The van der Waals surface area contributed by atoms with Crippen LogP contribution >= 0.6 is 0 Å². The molecule has 0 radical (unpaired) electrons. The Hall–Kier alpha value is -1.78. The number of carbonyl (C=O) groups is 1. The van der Waals surface area contributed by atoms with E-state index in [1.54, 1.807) is 13.1 Å². The number of ether oxygens (including phenoxy) is 1. The van der Waals surface area contributed by atoms with E-state index in [9.17, 15) is 4.79 Å². The molecule has 0 bridgehead atoms. The molecule has 18 heavy (non-hydrogen) atoms. The molecule has 0 fully saturated rings. The first-order valence-electron chi connectivity index (χ1n) is 6.21. The summed E-state index contributed by atoms with van der Waals surface area (Å²) in [7, 11) is 0. The quantitative estimate of drug-likeness (QED) is 0.780. The molecule has 2 N–H and O–H groups in total. The van der Waals surface area contributed by atoms with E-state index in [-0.39, 0.29) is 12.5 Å². The number of hydrogen-bond donors (Lipinski definition) is 1. The lowest BCUT2D eigenvalue weighted by atomic mass is 10.2. The standard InChI is InChI=1S/C13H21N3O2/c1-4-8-16(9-11(17)18-5-2)13-12(14)10(3)6-7-15-13/h6-7H,4-5,8-9,14H2,1-3H3. The van der Waals surface area contributed by atoms with Gasteiger partial charge >= 0.3 is 5.97 Å². The zero-order chi connectivity index (χ0) is 13.5. The molecule has 0 spiro atoms. The minimum atomic E-state index is -0.256. The van der Waals surface area contributed by atoms with Crippen molar-refractivity contribution < 1.29 is 9.53 Å². The van der Waals surface area contributed by atoms with Gasteiger partial charge in [0.15, 0.2) is 5.82 Å². The molecule has 0 unspecified atom stereocenters. The van der Waals surface area contributed by atoms with Crippen LogP contribution in [0.1, 0.15) is 25.8 Å². The van der Waals surface area contributed by atoms with Crippen molar-refractivity contribution >= 4 is 17.5 Å². The highest BCUT2D eigenvalue weighted by Crippen LogP contribution is 2.23. The molecule has 1 aromatic rings. The molecule has 0 aliphatic rings. The van der Waals surface area contributed by atoms with Crippen molar-refractivity contribution in [1.29, 1.82) is 0 Å². The zero-order valence-corrected chi connectivity index (χ0v) is 11.3. The molecule has 0 aromatic carbocycles. The molecule has 1 rings (SSSR count). The first-order valence-corrected chi connectivity index (χ1v) is 6.21. The van der Waals surface area contributed by atoms with Gasteiger partial charge in [0.1, 0.15) is 6.54 Å². The Balaban J connectivity index is 2.90. The third-order valence-corrected chi connectivity index (χ3v) is 2.61. The lowest BCUT2D eigenvalue weighted by Gasteiger charge is -2.23. The van der Waals surface area contributed by atoms with Gasteiger partial charge in [0, 0.05) is 12.7 Å². The van der Waals surface area contributed by atoms with Crippen LogP contribution in [0.4, 0.5) is 11.5 Å². The molecule has 1 aromatic heterocycles. The predicted molar refractivity (Wildman–Crippen MR) is 72.5 cm³/mol. The summed E-state index contributed by atoms with van der Waals surface area (Å²) in [6.45, 7) is 7.05. The zero-order valence-electron chi connectivity index (χ0n) is 11.3. The third-order valence-electron chi connectivity index (χ3n) is 2.61.